The van der Waals surface area contributed by atoms with E-state index >= 15 is 0 Å². The Kier molecular flexibility index (Phi) is 5.84. The third-order valence-electron chi connectivity index (χ3n) is 5.00. The topological polar surface area (TPSA) is 24.9 Å². The zero-order chi connectivity index (χ0) is 15.5. The molecule has 1 saturated carbocycles. The average Bonchev–Trinajstić information content (AvgIpc) is 2.81. The molecule has 1 fully saturated rings. The van der Waals surface area contributed by atoms with Crippen molar-refractivity contribution in [2.75, 3.05) is 6.54 Å². The summed E-state index contributed by atoms with van der Waals surface area (Å²) in [6.07, 6.45) is 6.43. The van der Waals surface area contributed by atoms with Crippen molar-refractivity contribution in [3.63, 3.8) is 0 Å². The molecule has 2 rings (SSSR count). The average molecular weight is 309 g/mol. The Morgan fingerprint density at radius 2 is 2.10 bits per heavy atom. The highest BCUT2D eigenvalue weighted by Gasteiger charge is 2.35. The lowest BCUT2D eigenvalue weighted by atomic mass is 9.66. The maximum Gasteiger partial charge on any atom is 0.0897 e. The molecular weight excluding hydrogens is 276 g/mol. The van der Waals surface area contributed by atoms with Crippen molar-refractivity contribution in [3.8, 4) is 0 Å². The van der Waals surface area contributed by atoms with Crippen LogP contribution in [0.1, 0.15) is 64.1 Å². The number of hydrogen-bond acceptors (Lipinski definition) is 3. The summed E-state index contributed by atoms with van der Waals surface area (Å²) in [6, 6.07) is 0.686. The lowest BCUT2D eigenvalue weighted by Crippen LogP contribution is -2.44. The van der Waals surface area contributed by atoms with Crippen LogP contribution in [-0.2, 0) is 6.42 Å². The summed E-state index contributed by atoms with van der Waals surface area (Å²) in [6.45, 7) is 12.7. The van der Waals surface area contributed by atoms with Crippen LogP contribution in [0.15, 0.2) is 5.38 Å². The fourth-order valence-corrected chi connectivity index (χ4v) is 4.27. The summed E-state index contributed by atoms with van der Waals surface area (Å²) in [5.41, 5.74) is 1.74. The first-order chi connectivity index (χ1) is 9.90. The van der Waals surface area contributed by atoms with Gasteiger partial charge in [-0.2, -0.15) is 0 Å². The van der Waals surface area contributed by atoms with E-state index in [1.807, 2.05) is 0 Å². The van der Waals surface area contributed by atoms with E-state index in [0.29, 0.717) is 11.5 Å². The Morgan fingerprint density at radius 1 is 1.33 bits per heavy atom. The second-order valence-corrected chi connectivity index (χ2v) is 8.82. The molecule has 0 spiro atoms. The molecule has 0 aliphatic heterocycles. The number of nitrogens with one attached hydrogen (secondary N) is 1. The largest absolute Gasteiger partial charge is 0.314 e. The molecule has 0 radical (unpaired) electrons. The Balaban J connectivity index is 2.05. The molecule has 0 bridgehead atoms. The van der Waals surface area contributed by atoms with Crippen LogP contribution in [0.25, 0.3) is 0 Å². The lowest BCUT2D eigenvalue weighted by molar-refractivity contribution is 0.113. The van der Waals surface area contributed by atoms with E-state index in [4.69, 9.17) is 4.98 Å². The zero-order valence-corrected chi connectivity index (χ0v) is 15.2. The number of nitrogens with zero attached hydrogens (tertiary/aromatic N) is 1. The Hall–Kier alpha value is -0.410. The second-order valence-electron chi connectivity index (χ2n) is 7.76. The summed E-state index contributed by atoms with van der Waals surface area (Å²) in [7, 11) is 0. The predicted molar refractivity (Wildman–Crippen MR) is 92.9 cm³/mol. The third kappa shape index (κ3) is 4.79. The molecule has 21 heavy (non-hydrogen) atoms. The highest BCUT2D eigenvalue weighted by atomic mass is 32.1. The minimum absolute atomic E-state index is 0.436. The van der Waals surface area contributed by atoms with Crippen molar-refractivity contribution in [1.82, 2.24) is 10.3 Å². The van der Waals surface area contributed by atoms with Gasteiger partial charge in [0.1, 0.15) is 0 Å². The van der Waals surface area contributed by atoms with Gasteiger partial charge >= 0.3 is 0 Å². The molecule has 3 unspecified atom stereocenters. The monoisotopic (exact) mass is 308 g/mol. The molecule has 0 aromatic carbocycles. The molecule has 2 nitrogen and oxygen atoms in total. The number of thiazole rings is 1. The van der Waals surface area contributed by atoms with Gasteiger partial charge in [-0.05, 0) is 62.8 Å². The van der Waals surface area contributed by atoms with Crippen molar-refractivity contribution < 1.29 is 0 Å². The molecule has 3 heteroatoms. The summed E-state index contributed by atoms with van der Waals surface area (Å²) in [5.74, 6) is 1.60. The van der Waals surface area contributed by atoms with Gasteiger partial charge in [0.15, 0.2) is 0 Å². The van der Waals surface area contributed by atoms with E-state index < -0.39 is 0 Å². The molecule has 3 atom stereocenters. The maximum atomic E-state index is 4.70. The van der Waals surface area contributed by atoms with Crippen LogP contribution >= 0.6 is 11.3 Å². The number of hydrogen-bond donors (Lipinski definition) is 1. The molecule has 1 aliphatic rings. The molecular formula is C18H32N2S. The molecule has 1 aromatic heterocycles. The van der Waals surface area contributed by atoms with Gasteiger partial charge in [0.05, 0.1) is 10.7 Å². The number of aromatic nitrogens is 1. The van der Waals surface area contributed by atoms with Crippen molar-refractivity contribution in [3.05, 3.63) is 16.1 Å². The lowest BCUT2D eigenvalue weighted by Gasteiger charge is -2.42. The minimum atomic E-state index is 0.436. The molecule has 0 saturated heterocycles. The van der Waals surface area contributed by atoms with Crippen molar-refractivity contribution in [2.45, 2.75) is 72.8 Å². The standard InChI is InChI=1S/C18H32N2S/c1-6-9-19-17-8-7-15(18(3,4)5)10-14(17)11-16-12-21-13(2)20-16/h12,14-15,17,19H,6-11H2,1-5H3. The van der Waals surface area contributed by atoms with Crippen molar-refractivity contribution in [1.29, 1.82) is 0 Å². The molecule has 1 aromatic rings. The van der Waals surface area contributed by atoms with E-state index in [1.54, 1.807) is 11.3 Å². The van der Waals surface area contributed by atoms with Crippen LogP contribution in [-0.4, -0.2) is 17.6 Å². The van der Waals surface area contributed by atoms with Gasteiger partial charge in [-0.3, -0.25) is 0 Å². The van der Waals surface area contributed by atoms with Crippen LogP contribution < -0.4 is 5.32 Å². The Bertz CT molecular complexity index is 433. The van der Waals surface area contributed by atoms with E-state index in [-0.39, 0.29) is 0 Å². The Labute approximate surface area is 134 Å². The summed E-state index contributed by atoms with van der Waals surface area (Å²) in [5, 5.41) is 7.25. The first-order valence-corrected chi connectivity index (χ1v) is 9.42. The van der Waals surface area contributed by atoms with Gasteiger partial charge < -0.3 is 5.32 Å². The number of rotatable bonds is 5. The van der Waals surface area contributed by atoms with Gasteiger partial charge in [0, 0.05) is 11.4 Å². The van der Waals surface area contributed by atoms with Gasteiger partial charge in [0.25, 0.3) is 0 Å². The van der Waals surface area contributed by atoms with Crippen LogP contribution in [0.2, 0.25) is 0 Å². The van der Waals surface area contributed by atoms with Crippen LogP contribution in [0.5, 0.6) is 0 Å². The van der Waals surface area contributed by atoms with Crippen LogP contribution in [0.4, 0.5) is 0 Å². The molecule has 1 aliphatic carbocycles. The summed E-state index contributed by atoms with van der Waals surface area (Å²) < 4.78 is 0. The molecule has 0 amide bonds. The van der Waals surface area contributed by atoms with Crippen molar-refractivity contribution in [2.24, 2.45) is 17.3 Å². The molecule has 1 heterocycles. The summed E-state index contributed by atoms with van der Waals surface area (Å²) in [4.78, 5) is 4.70. The highest BCUT2D eigenvalue weighted by molar-refractivity contribution is 7.09. The Morgan fingerprint density at radius 3 is 2.67 bits per heavy atom. The van der Waals surface area contributed by atoms with Gasteiger partial charge in [0.2, 0.25) is 0 Å². The molecule has 120 valence electrons. The van der Waals surface area contributed by atoms with Crippen molar-refractivity contribution >= 4 is 11.3 Å². The van der Waals surface area contributed by atoms with Crippen LogP contribution in [0, 0.1) is 24.2 Å². The SMILES string of the molecule is CCCNC1CCC(C(C)(C)C)CC1Cc1csc(C)n1. The smallest absolute Gasteiger partial charge is 0.0897 e. The van der Waals surface area contributed by atoms with Gasteiger partial charge in [-0.25, -0.2) is 4.98 Å². The van der Waals surface area contributed by atoms with E-state index in [2.05, 4.69) is 45.3 Å². The maximum absolute atomic E-state index is 4.70. The first kappa shape index (κ1) is 17.0. The van der Waals surface area contributed by atoms with E-state index in [1.165, 1.54) is 36.4 Å². The highest BCUT2D eigenvalue weighted by Crippen LogP contribution is 2.41. The quantitative estimate of drug-likeness (QED) is 0.843. The zero-order valence-electron chi connectivity index (χ0n) is 14.4. The van der Waals surface area contributed by atoms with Gasteiger partial charge in [-0.1, -0.05) is 27.7 Å². The minimum Gasteiger partial charge on any atom is -0.314 e. The molecule has 1 N–H and O–H groups in total. The van der Waals surface area contributed by atoms with E-state index in [0.717, 1.165) is 24.8 Å². The predicted octanol–water partition coefficient (Wildman–Crippen LogP) is 4.82. The van der Waals surface area contributed by atoms with Gasteiger partial charge in [-0.15, -0.1) is 11.3 Å². The van der Waals surface area contributed by atoms with E-state index in [9.17, 15) is 0 Å². The third-order valence-corrected chi connectivity index (χ3v) is 5.82. The summed E-state index contributed by atoms with van der Waals surface area (Å²) >= 11 is 1.79. The second kappa shape index (κ2) is 7.23. The fourth-order valence-electron chi connectivity index (χ4n) is 3.65. The number of aryl methyl sites for hydroxylation is 1. The first-order valence-electron chi connectivity index (χ1n) is 8.54. The fraction of sp³-hybridized carbons (Fsp3) is 0.833. The normalized spacial score (nSPS) is 27.0. The van der Waals surface area contributed by atoms with Crippen LogP contribution in [0.3, 0.4) is 0 Å².